The molecule has 1 atom stereocenters. The van der Waals surface area contributed by atoms with Crippen molar-refractivity contribution in [1.82, 2.24) is 10.3 Å². The first-order valence-corrected chi connectivity index (χ1v) is 11.0. The van der Waals surface area contributed by atoms with Gasteiger partial charge in [0.05, 0.1) is 12.1 Å². The van der Waals surface area contributed by atoms with E-state index >= 15 is 0 Å². The van der Waals surface area contributed by atoms with E-state index in [4.69, 9.17) is 4.74 Å². The van der Waals surface area contributed by atoms with Gasteiger partial charge >= 0.3 is 0 Å². The third kappa shape index (κ3) is 4.53. The summed E-state index contributed by atoms with van der Waals surface area (Å²) in [5, 5.41) is 9.05. The minimum absolute atomic E-state index is 0.230. The predicted molar refractivity (Wildman–Crippen MR) is 109 cm³/mol. The molecule has 0 spiro atoms. The van der Waals surface area contributed by atoms with Crippen molar-refractivity contribution >= 4 is 22.7 Å². The Labute approximate surface area is 163 Å². The first-order chi connectivity index (χ1) is 12.9. The van der Waals surface area contributed by atoms with E-state index in [1.54, 1.807) is 22.7 Å². The molecule has 1 saturated carbocycles. The van der Waals surface area contributed by atoms with E-state index in [1.165, 1.54) is 36.1 Å². The Kier molecular flexibility index (Phi) is 5.99. The Bertz CT molecular complexity index is 780. The minimum Gasteiger partial charge on any atom is -0.490 e. The number of rotatable bonds is 8. The third-order valence-corrected chi connectivity index (χ3v) is 6.63. The third-order valence-electron chi connectivity index (χ3n) is 4.84. The SMILES string of the molecule is c1csc(C[C@@H](NCc2ccccc2OC2CCCC2)c2nccs2)c1. The summed E-state index contributed by atoms with van der Waals surface area (Å²) in [4.78, 5) is 5.93. The van der Waals surface area contributed by atoms with Gasteiger partial charge in [0.2, 0.25) is 0 Å². The lowest BCUT2D eigenvalue weighted by molar-refractivity contribution is 0.207. The van der Waals surface area contributed by atoms with Gasteiger partial charge in [-0.2, -0.15) is 0 Å². The number of thiazole rings is 1. The molecule has 1 aliphatic carbocycles. The zero-order valence-corrected chi connectivity index (χ0v) is 16.4. The maximum Gasteiger partial charge on any atom is 0.124 e. The molecule has 2 aromatic heterocycles. The van der Waals surface area contributed by atoms with Gasteiger partial charge in [0, 0.05) is 35.0 Å². The lowest BCUT2D eigenvalue weighted by Gasteiger charge is -2.19. The van der Waals surface area contributed by atoms with E-state index < -0.39 is 0 Å². The number of nitrogens with zero attached hydrogens (tertiary/aromatic N) is 1. The van der Waals surface area contributed by atoms with Gasteiger partial charge in [0.15, 0.2) is 0 Å². The summed E-state index contributed by atoms with van der Waals surface area (Å²) >= 11 is 3.52. The van der Waals surface area contributed by atoms with Crippen LogP contribution < -0.4 is 10.1 Å². The largest absolute Gasteiger partial charge is 0.490 e. The highest BCUT2D eigenvalue weighted by atomic mass is 32.1. The van der Waals surface area contributed by atoms with Crippen LogP contribution in [0, 0.1) is 0 Å². The first-order valence-electron chi connectivity index (χ1n) is 9.28. The summed E-state index contributed by atoms with van der Waals surface area (Å²) in [7, 11) is 0. The fraction of sp³-hybridized carbons (Fsp3) is 0.381. The van der Waals surface area contributed by atoms with Crippen LogP contribution in [0.4, 0.5) is 0 Å². The monoisotopic (exact) mass is 384 g/mol. The first kappa shape index (κ1) is 17.7. The molecular formula is C21H24N2OS2. The van der Waals surface area contributed by atoms with Crippen LogP contribution in [0.15, 0.2) is 53.4 Å². The second-order valence-corrected chi connectivity index (χ2v) is 8.68. The van der Waals surface area contributed by atoms with Crippen LogP contribution in [0.1, 0.15) is 47.2 Å². The molecule has 0 saturated heterocycles. The summed E-state index contributed by atoms with van der Waals surface area (Å²) in [5.41, 5.74) is 1.23. The van der Waals surface area contributed by atoms with E-state index in [0.29, 0.717) is 6.10 Å². The number of hydrogen-bond donors (Lipinski definition) is 1. The number of ether oxygens (including phenoxy) is 1. The molecular weight excluding hydrogens is 360 g/mol. The Balaban J connectivity index is 1.45. The van der Waals surface area contributed by atoms with Gasteiger partial charge in [-0.05, 0) is 43.2 Å². The van der Waals surface area contributed by atoms with Crippen LogP contribution in [0.5, 0.6) is 5.75 Å². The molecule has 3 nitrogen and oxygen atoms in total. The molecule has 3 aromatic rings. The van der Waals surface area contributed by atoms with Crippen LogP contribution >= 0.6 is 22.7 Å². The van der Waals surface area contributed by atoms with Gasteiger partial charge < -0.3 is 10.1 Å². The molecule has 1 N–H and O–H groups in total. The van der Waals surface area contributed by atoms with Gasteiger partial charge in [0.1, 0.15) is 10.8 Å². The fourth-order valence-electron chi connectivity index (χ4n) is 3.47. The summed E-state index contributed by atoms with van der Waals surface area (Å²) in [5.74, 6) is 1.03. The van der Waals surface area contributed by atoms with Crippen LogP contribution in [-0.2, 0) is 13.0 Å². The molecule has 0 unspecified atom stereocenters. The average molecular weight is 385 g/mol. The highest BCUT2D eigenvalue weighted by Gasteiger charge is 2.19. The van der Waals surface area contributed by atoms with Gasteiger partial charge in [0.25, 0.3) is 0 Å². The highest BCUT2D eigenvalue weighted by molar-refractivity contribution is 7.10. The Morgan fingerprint density at radius 3 is 2.73 bits per heavy atom. The van der Waals surface area contributed by atoms with Crippen molar-refractivity contribution in [3.8, 4) is 5.75 Å². The lowest BCUT2D eigenvalue weighted by atomic mass is 10.1. The number of nitrogens with one attached hydrogen (secondary N) is 1. The van der Waals surface area contributed by atoms with Gasteiger partial charge in [-0.3, -0.25) is 0 Å². The van der Waals surface area contributed by atoms with Crippen molar-refractivity contribution in [2.24, 2.45) is 0 Å². The summed E-state index contributed by atoms with van der Waals surface area (Å²) in [6, 6.07) is 13.0. The molecule has 0 aliphatic heterocycles. The molecule has 5 heteroatoms. The zero-order valence-electron chi connectivity index (χ0n) is 14.8. The molecule has 0 amide bonds. The normalized spacial score (nSPS) is 16.0. The van der Waals surface area contributed by atoms with Crippen LogP contribution in [-0.4, -0.2) is 11.1 Å². The molecule has 136 valence electrons. The summed E-state index contributed by atoms with van der Waals surface area (Å²) < 4.78 is 6.28. The van der Waals surface area contributed by atoms with Crippen molar-refractivity contribution in [1.29, 1.82) is 0 Å². The topological polar surface area (TPSA) is 34.1 Å². The van der Waals surface area contributed by atoms with Gasteiger partial charge in [-0.1, -0.05) is 24.3 Å². The van der Waals surface area contributed by atoms with E-state index in [1.807, 2.05) is 6.20 Å². The Morgan fingerprint density at radius 1 is 1.08 bits per heavy atom. The van der Waals surface area contributed by atoms with E-state index in [2.05, 4.69) is 57.5 Å². The molecule has 1 aromatic carbocycles. The summed E-state index contributed by atoms with van der Waals surface area (Å²) in [6.45, 7) is 0.790. The average Bonchev–Trinajstić information content (AvgIpc) is 3.42. The number of hydrogen-bond acceptors (Lipinski definition) is 5. The van der Waals surface area contributed by atoms with Crippen molar-refractivity contribution in [2.45, 2.75) is 50.8 Å². The van der Waals surface area contributed by atoms with Crippen LogP contribution in [0.2, 0.25) is 0 Å². The number of thiophene rings is 1. The van der Waals surface area contributed by atoms with E-state index in [9.17, 15) is 0 Å². The van der Waals surface area contributed by atoms with Crippen molar-refractivity contribution in [2.75, 3.05) is 0 Å². The maximum absolute atomic E-state index is 6.28. The number of para-hydroxylation sites is 1. The zero-order chi connectivity index (χ0) is 17.6. The molecule has 1 aliphatic rings. The van der Waals surface area contributed by atoms with Gasteiger partial charge in [-0.25, -0.2) is 4.98 Å². The predicted octanol–water partition coefficient (Wildman–Crippen LogP) is 5.60. The fourth-order valence-corrected chi connectivity index (χ4v) is 4.93. The smallest absolute Gasteiger partial charge is 0.124 e. The van der Waals surface area contributed by atoms with Crippen molar-refractivity contribution in [3.63, 3.8) is 0 Å². The molecule has 4 rings (SSSR count). The highest BCUT2D eigenvalue weighted by Crippen LogP contribution is 2.28. The van der Waals surface area contributed by atoms with E-state index in [0.717, 1.165) is 23.7 Å². The van der Waals surface area contributed by atoms with Crippen LogP contribution in [0.25, 0.3) is 0 Å². The second-order valence-electron chi connectivity index (χ2n) is 6.72. The minimum atomic E-state index is 0.230. The molecule has 1 fully saturated rings. The summed E-state index contributed by atoms with van der Waals surface area (Å²) in [6.07, 6.45) is 8.19. The Morgan fingerprint density at radius 2 is 1.96 bits per heavy atom. The number of benzene rings is 1. The maximum atomic E-state index is 6.28. The lowest BCUT2D eigenvalue weighted by Crippen LogP contribution is -2.23. The van der Waals surface area contributed by atoms with Gasteiger partial charge in [-0.15, -0.1) is 22.7 Å². The standard InChI is InChI=1S/C21H24N2OS2/c1-4-10-20(24-17-7-2-3-8-17)16(6-1)15-23-19(21-22-11-13-26-21)14-18-9-5-12-25-18/h1,4-6,9-13,17,19,23H,2-3,7-8,14-15H2/t19-/m1/s1. The Hall–Kier alpha value is -1.69. The molecule has 0 radical (unpaired) electrons. The second kappa shape index (κ2) is 8.80. The molecule has 2 heterocycles. The van der Waals surface area contributed by atoms with Crippen molar-refractivity contribution in [3.05, 3.63) is 68.8 Å². The van der Waals surface area contributed by atoms with E-state index in [-0.39, 0.29) is 6.04 Å². The number of aromatic nitrogens is 1. The molecule has 26 heavy (non-hydrogen) atoms. The quantitative estimate of drug-likeness (QED) is 0.549. The van der Waals surface area contributed by atoms with Crippen molar-refractivity contribution < 1.29 is 4.74 Å². The van der Waals surface area contributed by atoms with Crippen LogP contribution in [0.3, 0.4) is 0 Å². The molecule has 0 bridgehead atoms.